The number of benzene rings is 1. The zero-order valence-corrected chi connectivity index (χ0v) is 15.8. The van der Waals surface area contributed by atoms with Crippen molar-refractivity contribution in [3.8, 4) is 0 Å². The number of aryl methyl sites for hydroxylation is 2. The highest BCUT2D eigenvalue weighted by Gasteiger charge is 2.27. The Balaban J connectivity index is 1.77. The molecule has 1 aliphatic carbocycles. The molecule has 0 bridgehead atoms. The molecule has 0 atom stereocenters. The van der Waals surface area contributed by atoms with Crippen LogP contribution in [-0.2, 0) is 17.6 Å². The van der Waals surface area contributed by atoms with Crippen LogP contribution in [0.5, 0.6) is 0 Å². The van der Waals surface area contributed by atoms with E-state index in [1.807, 2.05) is 38.1 Å². The number of para-hydroxylation sites is 2. The first-order valence-electron chi connectivity index (χ1n) is 8.99. The summed E-state index contributed by atoms with van der Waals surface area (Å²) < 4.78 is 5.32. The lowest BCUT2D eigenvalue weighted by Gasteiger charge is -2.13. The van der Waals surface area contributed by atoms with Crippen LogP contribution in [0.25, 0.3) is 11.0 Å². The van der Waals surface area contributed by atoms with Gasteiger partial charge in [0.05, 0.1) is 28.9 Å². The molecule has 1 aliphatic rings. The minimum atomic E-state index is -0.249. The number of aromatic nitrogens is 2. The first kappa shape index (κ1) is 17.0. The zero-order chi connectivity index (χ0) is 18.1. The average Bonchev–Trinajstić information content (AvgIpc) is 3.00. The Morgan fingerprint density at radius 1 is 1.19 bits per heavy atom. The molecule has 6 heteroatoms. The molecule has 0 aliphatic heterocycles. The molecule has 1 aromatic carbocycles. The number of fused-ring (bicyclic) bond motifs is 2. The Hall–Kier alpha value is -2.47. The van der Waals surface area contributed by atoms with E-state index in [2.05, 4.69) is 10.3 Å². The number of thiophene rings is 1. The SMILES string of the molecule is CCOC(=O)c1c(Nc2nc3ccccc3nc2C)sc2c1CCCC2. The number of hydrogen-bond acceptors (Lipinski definition) is 6. The number of rotatable bonds is 4. The highest BCUT2D eigenvalue weighted by molar-refractivity contribution is 7.16. The van der Waals surface area contributed by atoms with Crippen LogP contribution in [-0.4, -0.2) is 22.5 Å². The number of carbonyl (C=O) groups excluding carboxylic acids is 1. The highest BCUT2D eigenvalue weighted by atomic mass is 32.1. The molecule has 1 N–H and O–H groups in total. The van der Waals surface area contributed by atoms with Crippen LogP contribution >= 0.6 is 11.3 Å². The van der Waals surface area contributed by atoms with Gasteiger partial charge in [-0.3, -0.25) is 0 Å². The molecule has 0 amide bonds. The maximum Gasteiger partial charge on any atom is 0.341 e. The Kier molecular flexibility index (Phi) is 4.59. The molecule has 4 rings (SSSR count). The molecule has 5 nitrogen and oxygen atoms in total. The van der Waals surface area contributed by atoms with Gasteiger partial charge < -0.3 is 10.1 Å². The molecule has 2 aromatic heterocycles. The van der Waals surface area contributed by atoms with Gasteiger partial charge in [0.2, 0.25) is 0 Å². The number of nitrogens with one attached hydrogen (secondary N) is 1. The lowest BCUT2D eigenvalue weighted by Crippen LogP contribution is -2.11. The van der Waals surface area contributed by atoms with Gasteiger partial charge in [-0.05, 0) is 57.2 Å². The van der Waals surface area contributed by atoms with Gasteiger partial charge in [-0.15, -0.1) is 11.3 Å². The lowest BCUT2D eigenvalue weighted by molar-refractivity contribution is 0.0526. The van der Waals surface area contributed by atoms with Gasteiger partial charge in [-0.2, -0.15) is 0 Å². The molecule has 0 saturated carbocycles. The normalized spacial score (nSPS) is 13.5. The summed E-state index contributed by atoms with van der Waals surface area (Å²) in [5.74, 6) is 0.439. The number of carbonyl (C=O) groups is 1. The van der Waals surface area contributed by atoms with Crippen molar-refractivity contribution in [1.82, 2.24) is 9.97 Å². The molecule has 134 valence electrons. The van der Waals surface area contributed by atoms with Crippen molar-refractivity contribution in [3.63, 3.8) is 0 Å². The third kappa shape index (κ3) is 3.05. The van der Waals surface area contributed by atoms with E-state index in [0.717, 1.165) is 46.6 Å². The first-order valence-corrected chi connectivity index (χ1v) is 9.81. The fourth-order valence-electron chi connectivity index (χ4n) is 3.39. The molecule has 2 heterocycles. The van der Waals surface area contributed by atoms with Crippen LogP contribution in [0.3, 0.4) is 0 Å². The second kappa shape index (κ2) is 7.03. The van der Waals surface area contributed by atoms with Crippen molar-refractivity contribution in [2.75, 3.05) is 11.9 Å². The number of hydrogen-bond donors (Lipinski definition) is 1. The summed E-state index contributed by atoms with van der Waals surface area (Å²) in [6.07, 6.45) is 4.24. The summed E-state index contributed by atoms with van der Waals surface area (Å²) in [4.78, 5) is 23.2. The van der Waals surface area contributed by atoms with Crippen molar-refractivity contribution in [2.45, 2.75) is 39.5 Å². The molecular weight excluding hydrogens is 346 g/mol. The number of anilines is 2. The van der Waals surface area contributed by atoms with Crippen LogP contribution < -0.4 is 5.32 Å². The van der Waals surface area contributed by atoms with E-state index < -0.39 is 0 Å². The molecule has 26 heavy (non-hydrogen) atoms. The Morgan fingerprint density at radius 3 is 2.69 bits per heavy atom. The van der Waals surface area contributed by atoms with Crippen LogP contribution in [0, 0.1) is 6.92 Å². The van der Waals surface area contributed by atoms with Crippen molar-refractivity contribution >= 4 is 39.2 Å². The molecule has 0 radical (unpaired) electrons. The Labute approximate surface area is 156 Å². The summed E-state index contributed by atoms with van der Waals surface area (Å²) in [6.45, 7) is 4.14. The van der Waals surface area contributed by atoms with E-state index in [-0.39, 0.29) is 5.97 Å². The molecule has 0 unspecified atom stereocenters. The van der Waals surface area contributed by atoms with Crippen molar-refractivity contribution in [3.05, 3.63) is 46.0 Å². The molecular formula is C20H21N3O2S. The van der Waals surface area contributed by atoms with Gasteiger partial charge in [0.1, 0.15) is 5.00 Å². The summed E-state index contributed by atoms with van der Waals surface area (Å²) in [5, 5.41) is 4.20. The quantitative estimate of drug-likeness (QED) is 0.671. The van der Waals surface area contributed by atoms with Crippen LogP contribution in [0.2, 0.25) is 0 Å². The fourth-order valence-corrected chi connectivity index (χ4v) is 4.66. The second-order valence-corrected chi connectivity index (χ2v) is 7.51. The molecule has 3 aromatic rings. The highest BCUT2D eigenvalue weighted by Crippen LogP contribution is 2.40. The van der Waals surface area contributed by atoms with Crippen molar-refractivity contribution < 1.29 is 9.53 Å². The zero-order valence-electron chi connectivity index (χ0n) is 15.0. The number of nitrogens with zero attached hydrogens (tertiary/aromatic N) is 2. The van der Waals surface area contributed by atoms with E-state index >= 15 is 0 Å². The van der Waals surface area contributed by atoms with Gasteiger partial charge in [-0.25, -0.2) is 14.8 Å². The molecule has 0 fully saturated rings. The Morgan fingerprint density at radius 2 is 1.92 bits per heavy atom. The van der Waals surface area contributed by atoms with E-state index in [4.69, 9.17) is 9.72 Å². The predicted octanol–water partition coefficient (Wildman–Crippen LogP) is 4.80. The van der Waals surface area contributed by atoms with Gasteiger partial charge >= 0.3 is 5.97 Å². The topological polar surface area (TPSA) is 64.1 Å². The largest absolute Gasteiger partial charge is 0.462 e. The van der Waals surface area contributed by atoms with Crippen LogP contribution in [0.15, 0.2) is 24.3 Å². The van der Waals surface area contributed by atoms with Crippen LogP contribution in [0.1, 0.15) is 46.3 Å². The summed E-state index contributed by atoms with van der Waals surface area (Å²) in [7, 11) is 0. The smallest absolute Gasteiger partial charge is 0.341 e. The average molecular weight is 367 g/mol. The lowest BCUT2D eigenvalue weighted by atomic mass is 9.95. The third-order valence-corrected chi connectivity index (χ3v) is 5.83. The summed E-state index contributed by atoms with van der Waals surface area (Å²) in [6, 6.07) is 7.80. The van der Waals surface area contributed by atoms with Gasteiger partial charge in [-0.1, -0.05) is 12.1 Å². The maximum atomic E-state index is 12.6. The molecule has 0 saturated heterocycles. The molecule has 0 spiro atoms. The summed E-state index contributed by atoms with van der Waals surface area (Å²) in [5.41, 5.74) is 4.34. The van der Waals surface area contributed by atoms with E-state index in [1.165, 1.54) is 11.3 Å². The third-order valence-electron chi connectivity index (χ3n) is 4.63. The summed E-state index contributed by atoms with van der Waals surface area (Å²) >= 11 is 1.65. The van der Waals surface area contributed by atoms with Gasteiger partial charge in [0.25, 0.3) is 0 Å². The monoisotopic (exact) mass is 367 g/mol. The van der Waals surface area contributed by atoms with E-state index in [0.29, 0.717) is 18.0 Å². The standard InChI is InChI=1S/C20H21N3O2S/c1-3-25-20(24)17-13-8-4-7-11-16(13)26-19(17)23-18-12(2)21-14-9-5-6-10-15(14)22-18/h5-6,9-10H,3-4,7-8,11H2,1-2H3,(H,22,23). The van der Waals surface area contributed by atoms with E-state index in [1.54, 1.807) is 11.3 Å². The maximum absolute atomic E-state index is 12.6. The van der Waals surface area contributed by atoms with Gasteiger partial charge in [0.15, 0.2) is 5.82 Å². The number of ether oxygens (including phenoxy) is 1. The number of esters is 1. The fraction of sp³-hybridized carbons (Fsp3) is 0.350. The minimum absolute atomic E-state index is 0.249. The van der Waals surface area contributed by atoms with Crippen molar-refractivity contribution in [1.29, 1.82) is 0 Å². The van der Waals surface area contributed by atoms with Gasteiger partial charge in [0, 0.05) is 4.88 Å². The second-order valence-electron chi connectivity index (χ2n) is 6.41. The van der Waals surface area contributed by atoms with Crippen LogP contribution in [0.4, 0.5) is 10.8 Å². The Bertz CT molecular complexity index is 981. The minimum Gasteiger partial charge on any atom is -0.462 e. The van der Waals surface area contributed by atoms with Crippen molar-refractivity contribution in [2.24, 2.45) is 0 Å². The predicted molar refractivity (Wildman–Crippen MR) is 104 cm³/mol. The first-order chi connectivity index (χ1) is 12.7. The van der Waals surface area contributed by atoms with E-state index in [9.17, 15) is 4.79 Å².